The number of benzene rings is 1. The number of sulfone groups is 1. The van der Waals surface area contributed by atoms with E-state index in [0.717, 1.165) is 5.56 Å². The molecule has 1 aromatic rings. The molecule has 7 heteroatoms. The molecule has 3 N–H and O–H groups in total. The van der Waals surface area contributed by atoms with Crippen LogP contribution in [0.2, 0.25) is 5.02 Å². The summed E-state index contributed by atoms with van der Waals surface area (Å²) in [4.78, 5) is 11.5. The fraction of sp³-hybridized carbons (Fsp3) is 0.364. The lowest BCUT2D eigenvalue weighted by atomic mass is 10.2. The van der Waals surface area contributed by atoms with E-state index in [1.54, 1.807) is 18.2 Å². The molecule has 0 aromatic heterocycles. The number of hydrogen-bond acceptors (Lipinski definition) is 4. The number of carbonyl (C=O) groups excluding carboxylic acids is 1. The predicted octanol–water partition coefficient (Wildman–Crippen LogP) is 0.960. The van der Waals surface area contributed by atoms with Crippen LogP contribution in [0.15, 0.2) is 18.2 Å². The molecule has 1 amide bonds. The first kappa shape index (κ1) is 14.9. The number of nitrogens with two attached hydrogens (primary N) is 1. The standard InChI is InChI=1S/C11H15ClN2O3S/c1-8-2-3-9(6-10(8)12)14-11(15)7-18(16,17)5-4-13/h2-3,6H,4-5,7,13H2,1H3,(H,14,15). The summed E-state index contributed by atoms with van der Waals surface area (Å²) in [5.41, 5.74) is 6.50. The molecule has 0 bridgehead atoms. The Labute approximate surface area is 111 Å². The van der Waals surface area contributed by atoms with Crippen LogP contribution in [0.3, 0.4) is 0 Å². The van der Waals surface area contributed by atoms with Crippen LogP contribution in [0.5, 0.6) is 0 Å². The van der Waals surface area contributed by atoms with Crippen LogP contribution in [0.4, 0.5) is 5.69 Å². The Bertz CT molecular complexity index is 543. The van der Waals surface area contributed by atoms with Gasteiger partial charge in [-0.05, 0) is 24.6 Å². The van der Waals surface area contributed by atoms with Crippen LogP contribution in [-0.2, 0) is 14.6 Å². The van der Waals surface area contributed by atoms with Crippen molar-refractivity contribution in [3.8, 4) is 0 Å². The summed E-state index contributed by atoms with van der Waals surface area (Å²) in [6.45, 7) is 1.84. The fourth-order valence-electron chi connectivity index (χ4n) is 1.32. The van der Waals surface area contributed by atoms with Crippen molar-refractivity contribution in [3.63, 3.8) is 0 Å². The second kappa shape index (κ2) is 6.17. The lowest BCUT2D eigenvalue weighted by Crippen LogP contribution is -2.27. The van der Waals surface area contributed by atoms with Crippen LogP contribution in [0.25, 0.3) is 0 Å². The monoisotopic (exact) mass is 290 g/mol. The topological polar surface area (TPSA) is 89.3 Å². The number of hydrogen-bond donors (Lipinski definition) is 2. The van der Waals surface area contributed by atoms with Gasteiger partial charge < -0.3 is 11.1 Å². The lowest BCUT2D eigenvalue weighted by Gasteiger charge is -2.07. The van der Waals surface area contributed by atoms with Gasteiger partial charge in [-0.2, -0.15) is 0 Å². The first-order chi connectivity index (χ1) is 8.34. The quantitative estimate of drug-likeness (QED) is 0.845. The first-order valence-corrected chi connectivity index (χ1v) is 7.50. The molecule has 0 saturated heterocycles. The molecule has 1 rings (SSSR count). The highest BCUT2D eigenvalue weighted by Crippen LogP contribution is 2.19. The summed E-state index contributed by atoms with van der Waals surface area (Å²) in [5.74, 6) is -1.37. The van der Waals surface area contributed by atoms with Crippen molar-refractivity contribution in [1.82, 2.24) is 0 Å². The van der Waals surface area contributed by atoms with E-state index >= 15 is 0 Å². The zero-order valence-electron chi connectivity index (χ0n) is 9.94. The number of amides is 1. The highest BCUT2D eigenvalue weighted by Gasteiger charge is 2.15. The zero-order chi connectivity index (χ0) is 13.8. The van der Waals surface area contributed by atoms with E-state index in [1.165, 1.54) is 0 Å². The van der Waals surface area contributed by atoms with Gasteiger partial charge in [0.25, 0.3) is 0 Å². The van der Waals surface area contributed by atoms with Crippen molar-refractivity contribution in [2.75, 3.05) is 23.4 Å². The zero-order valence-corrected chi connectivity index (χ0v) is 11.5. The molecule has 1 aromatic carbocycles. The van der Waals surface area contributed by atoms with E-state index in [0.29, 0.717) is 10.7 Å². The summed E-state index contributed by atoms with van der Waals surface area (Å²) in [5, 5.41) is 2.99. The summed E-state index contributed by atoms with van der Waals surface area (Å²) in [6.07, 6.45) is 0. The van der Waals surface area contributed by atoms with Crippen LogP contribution in [0, 0.1) is 6.92 Å². The molecule has 0 spiro atoms. The van der Waals surface area contributed by atoms with E-state index in [1.807, 2.05) is 6.92 Å². The number of nitrogens with one attached hydrogen (secondary N) is 1. The maximum Gasteiger partial charge on any atom is 0.239 e. The summed E-state index contributed by atoms with van der Waals surface area (Å²) in [7, 11) is -3.44. The molecule has 100 valence electrons. The van der Waals surface area contributed by atoms with Crippen molar-refractivity contribution >= 4 is 33.0 Å². The minimum Gasteiger partial charge on any atom is -0.329 e. The maximum atomic E-state index is 11.5. The summed E-state index contributed by atoms with van der Waals surface area (Å²) >= 11 is 5.89. The van der Waals surface area contributed by atoms with Gasteiger partial charge in [0.1, 0.15) is 5.75 Å². The van der Waals surface area contributed by atoms with E-state index in [2.05, 4.69) is 5.32 Å². The van der Waals surface area contributed by atoms with Crippen LogP contribution < -0.4 is 11.1 Å². The SMILES string of the molecule is Cc1ccc(NC(=O)CS(=O)(=O)CCN)cc1Cl. The van der Waals surface area contributed by atoms with Gasteiger partial charge >= 0.3 is 0 Å². The van der Waals surface area contributed by atoms with E-state index < -0.39 is 21.5 Å². The van der Waals surface area contributed by atoms with Gasteiger partial charge in [-0.25, -0.2) is 8.42 Å². The third kappa shape index (κ3) is 4.64. The molecular formula is C11H15ClN2O3S. The second-order valence-corrected chi connectivity index (χ2v) is 6.48. The van der Waals surface area contributed by atoms with Gasteiger partial charge in [0.2, 0.25) is 5.91 Å². The van der Waals surface area contributed by atoms with Gasteiger partial charge in [-0.15, -0.1) is 0 Å². The molecule has 0 aliphatic carbocycles. The number of aryl methyl sites for hydroxylation is 1. The number of anilines is 1. The van der Waals surface area contributed by atoms with Crippen LogP contribution in [-0.4, -0.2) is 32.4 Å². The van der Waals surface area contributed by atoms with Crippen molar-refractivity contribution < 1.29 is 13.2 Å². The van der Waals surface area contributed by atoms with Crippen LogP contribution >= 0.6 is 11.6 Å². The Morgan fingerprint density at radius 3 is 2.67 bits per heavy atom. The van der Waals surface area contributed by atoms with E-state index in [-0.39, 0.29) is 12.3 Å². The molecule has 0 saturated carbocycles. The average Bonchev–Trinajstić information content (AvgIpc) is 2.22. The summed E-state index contributed by atoms with van der Waals surface area (Å²) < 4.78 is 22.8. The van der Waals surface area contributed by atoms with Crippen LogP contribution in [0.1, 0.15) is 5.56 Å². The molecular weight excluding hydrogens is 276 g/mol. The van der Waals surface area contributed by atoms with Gasteiger partial charge in [-0.3, -0.25) is 4.79 Å². The van der Waals surface area contributed by atoms with Gasteiger partial charge in [0.05, 0.1) is 5.75 Å². The third-order valence-electron chi connectivity index (χ3n) is 2.24. The average molecular weight is 291 g/mol. The molecule has 0 aliphatic rings. The normalized spacial score (nSPS) is 11.3. The Morgan fingerprint density at radius 2 is 2.11 bits per heavy atom. The predicted molar refractivity (Wildman–Crippen MR) is 72.5 cm³/mol. The van der Waals surface area contributed by atoms with Crippen molar-refractivity contribution in [3.05, 3.63) is 28.8 Å². The van der Waals surface area contributed by atoms with E-state index in [4.69, 9.17) is 17.3 Å². The highest BCUT2D eigenvalue weighted by molar-refractivity contribution is 7.92. The molecule has 0 radical (unpaired) electrons. The Hall–Kier alpha value is -1.11. The van der Waals surface area contributed by atoms with Gasteiger partial charge in [0, 0.05) is 17.3 Å². The first-order valence-electron chi connectivity index (χ1n) is 5.30. The van der Waals surface area contributed by atoms with Crippen molar-refractivity contribution in [2.24, 2.45) is 5.73 Å². The molecule has 0 aliphatic heterocycles. The fourth-order valence-corrected chi connectivity index (χ4v) is 2.47. The Balaban J connectivity index is 2.68. The number of rotatable bonds is 5. The molecule has 5 nitrogen and oxygen atoms in total. The lowest BCUT2D eigenvalue weighted by molar-refractivity contribution is -0.113. The number of carbonyl (C=O) groups is 1. The van der Waals surface area contributed by atoms with Crippen molar-refractivity contribution in [2.45, 2.75) is 6.92 Å². The smallest absolute Gasteiger partial charge is 0.239 e. The molecule has 0 heterocycles. The maximum absolute atomic E-state index is 11.5. The summed E-state index contributed by atoms with van der Waals surface area (Å²) in [6, 6.07) is 4.98. The Morgan fingerprint density at radius 1 is 1.44 bits per heavy atom. The molecule has 0 unspecified atom stereocenters. The molecule has 18 heavy (non-hydrogen) atoms. The molecule has 0 fully saturated rings. The van der Waals surface area contributed by atoms with Crippen molar-refractivity contribution in [1.29, 1.82) is 0 Å². The minimum atomic E-state index is -3.44. The minimum absolute atomic E-state index is 0.00593. The van der Waals surface area contributed by atoms with Gasteiger partial charge in [-0.1, -0.05) is 17.7 Å². The number of halogens is 1. The second-order valence-electron chi connectivity index (χ2n) is 3.89. The molecule has 0 atom stereocenters. The largest absolute Gasteiger partial charge is 0.329 e. The van der Waals surface area contributed by atoms with Gasteiger partial charge in [0.15, 0.2) is 9.84 Å². The van der Waals surface area contributed by atoms with E-state index in [9.17, 15) is 13.2 Å². The third-order valence-corrected chi connectivity index (χ3v) is 4.20. The Kier molecular flexibility index (Phi) is 5.13. The highest BCUT2D eigenvalue weighted by atomic mass is 35.5.